The zero-order valence-corrected chi connectivity index (χ0v) is 18.8. The highest BCUT2D eigenvalue weighted by Crippen LogP contribution is 2.33. The summed E-state index contributed by atoms with van der Waals surface area (Å²) in [6.45, 7) is 7.68. The van der Waals surface area contributed by atoms with E-state index in [1.807, 2.05) is 43.3 Å². The van der Waals surface area contributed by atoms with E-state index in [0.29, 0.717) is 6.54 Å². The third kappa shape index (κ3) is 4.57. The van der Waals surface area contributed by atoms with Crippen LogP contribution >= 0.6 is 23.1 Å². The Labute approximate surface area is 175 Å². The van der Waals surface area contributed by atoms with Gasteiger partial charge in [0.2, 0.25) is 0 Å². The van der Waals surface area contributed by atoms with Crippen LogP contribution in [0.2, 0.25) is 0 Å². The molecule has 0 atom stereocenters. The molecule has 1 heterocycles. The first-order chi connectivity index (χ1) is 13.4. The lowest BCUT2D eigenvalue weighted by Crippen LogP contribution is -2.37. The first-order valence-electron chi connectivity index (χ1n) is 9.47. The predicted molar refractivity (Wildman–Crippen MR) is 122 cm³/mol. The van der Waals surface area contributed by atoms with E-state index in [0.717, 1.165) is 38.1 Å². The minimum Gasteiger partial charge on any atom is -0.308 e. The molecule has 0 aliphatic heterocycles. The van der Waals surface area contributed by atoms with E-state index >= 15 is 0 Å². The van der Waals surface area contributed by atoms with Crippen molar-refractivity contribution in [2.45, 2.75) is 25.7 Å². The highest BCUT2D eigenvalue weighted by Gasteiger charge is 2.23. The fraction of sp³-hybridized carbons (Fsp3) is 0.364. The van der Waals surface area contributed by atoms with Gasteiger partial charge in [-0.3, -0.25) is 9.69 Å². The normalized spacial score (nSPS) is 11.4. The fourth-order valence-electron chi connectivity index (χ4n) is 3.13. The topological polar surface area (TPSA) is 36.4 Å². The molecule has 0 unspecified atom stereocenters. The van der Waals surface area contributed by atoms with Crippen molar-refractivity contribution in [1.82, 2.24) is 9.88 Å². The number of carbonyl (C=O) groups is 1. The summed E-state index contributed by atoms with van der Waals surface area (Å²) in [5.41, 5.74) is 4.12. The van der Waals surface area contributed by atoms with Gasteiger partial charge in [-0.2, -0.15) is 0 Å². The summed E-state index contributed by atoms with van der Waals surface area (Å²) in [7, 11) is 4.05. The van der Waals surface area contributed by atoms with Crippen molar-refractivity contribution in [3.8, 4) is 0 Å². The Kier molecular flexibility index (Phi) is 6.75. The SMILES string of the molecule is CCSc1ccccc1C(=O)N(CCN(C)C)c1nc2cc(C)cc(C)c2s1. The van der Waals surface area contributed by atoms with Crippen molar-refractivity contribution >= 4 is 44.4 Å². The van der Waals surface area contributed by atoms with Gasteiger partial charge in [0.1, 0.15) is 0 Å². The molecule has 3 rings (SSSR count). The zero-order valence-electron chi connectivity index (χ0n) is 17.2. The summed E-state index contributed by atoms with van der Waals surface area (Å²) in [6.07, 6.45) is 0. The smallest absolute Gasteiger partial charge is 0.261 e. The molecule has 0 N–H and O–H groups in total. The number of fused-ring (bicyclic) bond motifs is 1. The number of thiazole rings is 1. The molecule has 6 heteroatoms. The van der Waals surface area contributed by atoms with Crippen LogP contribution in [0, 0.1) is 13.8 Å². The molecule has 28 heavy (non-hydrogen) atoms. The Bertz CT molecular complexity index is 981. The highest BCUT2D eigenvalue weighted by molar-refractivity contribution is 7.99. The van der Waals surface area contributed by atoms with Gasteiger partial charge in [0, 0.05) is 18.0 Å². The standard InChI is InChI=1S/C22H27N3OS2/c1-6-27-19-10-8-7-9-17(19)21(26)25(12-11-24(4)5)22-23-18-14-15(2)13-16(3)20(18)28-22/h7-10,13-14H,6,11-12H2,1-5H3. The second-order valence-electron chi connectivity index (χ2n) is 7.12. The number of aryl methyl sites for hydroxylation is 2. The van der Waals surface area contributed by atoms with Gasteiger partial charge in [0.25, 0.3) is 5.91 Å². The number of nitrogens with zero attached hydrogens (tertiary/aromatic N) is 3. The van der Waals surface area contributed by atoms with Gasteiger partial charge in [-0.05, 0) is 63.0 Å². The lowest BCUT2D eigenvalue weighted by Gasteiger charge is -2.23. The van der Waals surface area contributed by atoms with Gasteiger partial charge in [-0.15, -0.1) is 11.8 Å². The molecule has 0 fully saturated rings. The molecular weight excluding hydrogens is 386 g/mol. The van der Waals surface area contributed by atoms with Crippen molar-refractivity contribution in [2.24, 2.45) is 0 Å². The van der Waals surface area contributed by atoms with Crippen molar-refractivity contribution < 1.29 is 4.79 Å². The number of thioether (sulfide) groups is 1. The number of aromatic nitrogens is 1. The largest absolute Gasteiger partial charge is 0.308 e. The Morgan fingerprint density at radius 3 is 2.61 bits per heavy atom. The molecule has 2 aromatic carbocycles. The molecule has 0 aliphatic rings. The van der Waals surface area contributed by atoms with E-state index in [-0.39, 0.29) is 5.91 Å². The molecule has 1 aromatic heterocycles. The van der Waals surface area contributed by atoms with Crippen LogP contribution in [0.15, 0.2) is 41.3 Å². The summed E-state index contributed by atoms with van der Waals surface area (Å²) in [4.78, 5) is 23.3. The van der Waals surface area contributed by atoms with Crippen molar-refractivity contribution in [2.75, 3.05) is 37.8 Å². The first kappa shape index (κ1) is 20.8. The number of benzene rings is 2. The van der Waals surface area contributed by atoms with Gasteiger partial charge in [0.05, 0.1) is 15.8 Å². The quantitative estimate of drug-likeness (QED) is 0.497. The van der Waals surface area contributed by atoms with Crippen molar-refractivity contribution in [3.05, 3.63) is 53.1 Å². The van der Waals surface area contributed by atoms with E-state index in [9.17, 15) is 4.79 Å². The van der Waals surface area contributed by atoms with Crippen LogP contribution in [0.25, 0.3) is 10.2 Å². The molecule has 148 valence electrons. The summed E-state index contributed by atoms with van der Waals surface area (Å²) in [6, 6.07) is 12.1. The van der Waals surface area contributed by atoms with Crippen LogP contribution in [0.1, 0.15) is 28.4 Å². The van der Waals surface area contributed by atoms with Crippen LogP contribution in [0.4, 0.5) is 5.13 Å². The first-order valence-corrected chi connectivity index (χ1v) is 11.3. The molecule has 1 amide bonds. The Morgan fingerprint density at radius 1 is 1.14 bits per heavy atom. The van der Waals surface area contributed by atoms with Crippen molar-refractivity contribution in [3.63, 3.8) is 0 Å². The van der Waals surface area contributed by atoms with Gasteiger partial charge in [-0.25, -0.2) is 4.98 Å². The summed E-state index contributed by atoms with van der Waals surface area (Å²) in [5, 5.41) is 0.770. The van der Waals surface area contributed by atoms with Crippen LogP contribution in [-0.2, 0) is 0 Å². The summed E-state index contributed by atoms with van der Waals surface area (Å²) >= 11 is 3.30. The Balaban J connectivity index is 2.04. The van der Waals surface area contributed by atoms with Gasteiger partial charge in [-0.1, -0.05) is 36.5 Å². The maximum absolute atomic E-state index is 13.5. The monoisotopic (exact) mass is 413 g/mol. The average Bonchev–Trinajstić information content (AvgIpc) is 3.06. The van der Waals surface area contributed by atoms with Crippen LogP contribution in [0.3, 0.4) is 0 Å². The Morgan fingerprint density at radius 2 is 1.89 bits per heavy atom. The number of amides is 1. The Hall–Kier alpha value is -1.89. The highest BCUT2D eigenvalue weighted by atomic mass is 32.2. The molecule has 0 bridgehead atoms. The predicted octanol–water partition coefficient (Wildman–Crippen LogP) is 5.23. The van der Waals surface area contributed by atoms with E-state index in [1.165, 1.54) is 11.1 Å². The van der Waals surface area contributed by atoms with Crippen LogP contribution in [0.5, 0.6) is 0 Å². The summed E-state index contributed by atoms with van der Waals surface area (Å²) in [5.74, 6) is 0.952. The van der Waals surface area contributed by atoms with Gasteiger partial charge in [0.15, 0.2) is 5.13 Å². The molecule has 4 nitrogen and oxygen atoms in total. The zero-order chi connectivity index (χ0) is 20.3. The fourth-order valence-corrected chi connectivity index (χ4v) is 4.97. The van der Waals surface area contributed by atoms with Gasteiger partial charge < -0.3 is 4.90 Å². The minimum atomic E-state index is 0.0202. The second kappa shape index (κ2) is 9.07. The maximum atomic E-state index is 13.5. The molecule has 0 spiro atoms. The average molecular weight is 414 g/mol. The van der Waals surface area contributed by atoms with Crippen LogP contribution < -0.4 is 4.90 Å². The third-order valence-electron chi connectivity index (χ3n) is 4.47. The second-order valence-corrected chi connectivity index (χ2v) is 9.40. The maximum Gasteiger partial charge on any atom is 0.261 e. The van der Waals surface area contributed by atoms with E-state index < -0.39 is 0 Å². The van der Waals surface area contributed by atoms with Gasteiger partial charge >= 0.3 is 0 Å². The van der Waals surface area contributed by atoms with Crippen LogP contribution in [-0.4, -0.2) is 48.7 Å². The number of hydrogen-bond acceptors (Lipinski definition) is 5. The van der Waals surface area contributed by atoms with E-state index in [4.69, 9.17) is 4.98 Å². The number of likely N-dealkylation sites (N-methyl/N-ethyl adjacent to an activating group) is 1. The number of hydrogen-bond donors (Lipinski definition) is 0. The molecular formula is C22H27N3OS2. The lowest BCUT2D eigenvalue weighted by molar-refractivity contribution is 0.0982. The molecule has 0 radical (unpaired) electrons. The molecule has 0 saturated heterocycles. The number of rotatable bonds is 7. The van der Waals surface area contributed by atoms with E-state index in [2.05, 4.69) is 37.8 Å². The molecule has 0 saturated carbocycles. The molecule has 3 aromatic rings. The molecule has 0 aliphatic carbocycles. The minimum absolute atomic E-state index is 0.0202. The lowest BCUT2D eigenvalue weighted by atomic mass is 10.1. The summed E-state index contributed by atoms with van der Waals surface area (Å²) < 4.78 is 1.15. The van der Waals surface area contributed by atoms with E-state index in [1.54, 1.807) is 23.1 Å². The number of carbonyl (C=O) groups excluding carboxylic acids is 1. The third-order valence-corrected chi connectivity index (χ3v) is 6.66. The van der Waals surface area contributed by atoms with Crippen molar-refractivity contribution in [1.29, 1.82) is 0 Å². The number of anilines is 1.